The molecule has 4 heteroatoms. The van der Waals surface area contributed by atoms with Gasteiger partial charge in [0.2, 0.25) is 0 Å². The molecule has 2 N–H and O–H groups in total. The Morgan fingerprint density at radius 3 is 2.48 bits per heavy atom. The van der Waals surface area contributed by atoms with Crippen LogP contribution in [0.15, 0.2) is 30.3 Å². The van der Waals surface area contributed by atoms with Crippen LogP contribution in [0.3, 0.4) is 0 Å². The minimum Gasteiger partial charge on any atom is -0.389 e. The van der Waals surface area contributed by atoms with E-state index in [1.807, 2.05) is 0 Å². The molecule has 1 atom stereocenters. The predicted molar refractivity (Wildman–Crippen MR) is 94.7 cm³/mol. The highest BCUT2D eigenvalue weighted by Crippen LogP contribution is 2.21. The minimum absolute atomic E-state index is 0.476. The van der Waals surface area contributed by atoms with Crippen LogP contribution in [0.25, 0.3) is 0 Å². The van der Waals surface area contributed by atoms with Crippen LogP contribution in [0.4, 0.5) is 0 Å². The maximum atomic E-state index is 10.8. The van der Waals surface area contributed by atoms with Crippen molar-refractivity contribution in [3.05, 3.63) is 35.9 Å². The minimum atomic E-state index is -0.476. The van der Waals surface area contributed by atoms with Gasteiger partial charge in [0.05, 0.1) is 5.60 Å². The molecule has 2 fully saturated rings. The fourth-order valence-corrected chi connectivity index (χ4v) is 3.79. The molecular formula is C19H31N3O. The Hall–Kier alpha value is -0.940. The molecule has 0 radical (unpaired) electrons. The van der Waals surface area contributed by atoms with E-state index in [0.717, 1.165) is 78.0 Å². The summed E-state index contributed by atoms with van der Waals surface area (Å²) < 4.78 is 0. The zero-order valence-corrected chi connectivity index (χ0v) is 14.2. The van der Waals surface area contributed by atoms with E-state index in [1.165, 1.54) is 5.56 Å². The topological polar surface area (TPSA) is 38.7 Å². The Morgan fingerprint density at radius 1 is 0.957 bits per heavy atom. The summed E-state index contributed by atoms with van der Waals surface area (Å²) in [5.41, 5.74) is 0.950. The van der Waals surface area contributed by atoms with Crippen molar-refractivity contribution in [2.75, 3.05) is 52.4 Å². The number of β-amino-alcohol motifs (C(OH)–C–C–N with tert-alkyl or cyclic N) is 1. The van der Waals surface area contributed by atoms with Crippen LogP contribution >= 0.6 is 0 Å². The maximum absolute atomic E-state index is 10.8. The molecule has 0 saturated carbocycles. The molecule has 4 nitrogen and oxygen atoms in total. The molecule has 1 aromatic carbocycles. The first-order chi connectivity index (χ1) is 11.2. The Kier molecular flexibility index (Phi) is 6.06. The van der Waals surface area contributed by atoms with Crippen LogP contribution in [0.1, 0.15) is 24.8 Å². The zero-order valence-electron chi connectivity index (χ0n) is 14.2. The highest BCUT2D eigenvalue weighted by Gasteiger charge is 2.31. The maximum Gasteiger partial charge on any atom is 0.0786 e. The van der Waals surface area contributed by atoms with Gasteiger partial charge in [0.15, 0.2) is 0 Å². The van der Waals surface area contributed by atoms with E-state index in [-0.39, 0.29) is 0 Å². The molecule has 2 saturated heterocycles. The van der Waals surface area contributed by atoms with Crippen LogP contribution in [0, 0.1) is 0 Å². The molecule has 0 aliphatic carbocycles. The lowest BCUT2D eigenvalue weighted by Gasteiger charge is -2.39. The highest BCUT2D eigenvalue weighted by atomic mass is 16.3. The number of rotatable bonds is 5. The Balaban J connectivity index is 1.39. The van der Waals surface area contributed by atoms with Crippen molar-refractivity contribution in [1.82, 2.24) is 15.1 Å². The molecule has 2 aliphatic heterocycles. The summed E-state index contributed by atoms with van der Waals surface area (Å²) in [4.78, 5) is 5.02. The quantitative estimate of drug-likeness (QED) is 0.860. The van der Waals surface area contributed by atoms with E-state index in [2.05, 4.69) is 45.4 Å². The van der Waals surface area contributed by atoms with Crippen molar-refractivity contribution in [2.45, 2.75) is 31.3 Å². The molecule has 0 amide bonds. The zero-order chi connectivity index (χ0) is 16.0. The summed E-state index contributed by atoms with van der Waals surface area (Å²) in [5, 5.41) is 14.2. The molecule has 0 aromatic heterocycles. The molecule has 0 spiro atoms. The summed E-state index contributed by atoms with van der Waals surface area (Å²) in [6.07, 6.45) is 4.05. The Morgan fingerprint density at radius 2 is 1.70 bits per heavy atom. The average Bonchev–Trinajstić information content (AvgIpc) is 2.80. The largest absolute Gasteiger partial charge is 0.389 e. The molecule has 23 heavy (non-hydrogen) atoms. The van der Waals surface area contributed by atoms with Gasteiger partial charge in [-0.3, -0.25) is 4.90 Å². The molecule has 3 rings (SSSR count). The first-order valence-corrected chi connectivity index (χ1v) is 9.15. The summed E-state index contributed by atoms with van der Waals surface area (Å²) in [7, 11) is 0. The molecule has 128 valence electrons. The van der Waals surface area contributed by atoms with Gasteiger partial charge in [0.1, 0.15) is 0 Å². The monoisotopic (exact) mass is 317 g/mol. The van der Waals surface area contributed by atoms with Gasteiger partial charge in [-0.1, -0.05) is 30.3 Å². The normalized spacial score (nSPS) is 27.7. The Labute approximate surface area is 140 Å². The van der Waals surface area contributed by atoms with E-state index in [1.54, 1.807) is 0 Å². The second-order valence-electron chi connectivity index (χ2n) is 7.18. The average molecular weight is 317 g/mol. The lowest BCUT2D eigenvalue weighted by molar-refractivity contribution is -0.0183. The van der Waals surface area contributed by atoms with Gasteiger partial charge < -0.3 is 15.3 Å². The van der Waals surface area contributed by atoms with Crippen molar-refractivity contribution in [3.63, 3.8) is 0 Å². The summed E-state index contributed by atoms with van der Waals surface area (Å²) in [6, 6.07) is 10.7. The van der Waals surface area contributed by atoms with Crippen molar-refractivity contribution >= 4 is 0 Å². The smallest absolute Gasteiger partial charge is 0.0786 e. The number of nitrogens with one attached hydrogen (secondary N) is 1. The summed E-state index contributed by atoms with van der Waals surface area (Å²) in [5.74, 6) is 0. The van der Waals surface area contributed by atoms with Gasteiger partial charge in [-0.2, -0.15) is 0 Å². The third kappa shape index (κ3) is 5.28. The van der Waals surface area contributed by atoms with Crippen molar-refractivity contribution < 1.29 is 5.11 Å². The number of nitrogens with zero attached hydrogens (tertiary/aromatic N) is 2. The van der Waals surface area contributed by atoms with Gasteiger partial charge in [-0.15, -0.1) is 0 Å². The van der Waals surface area contributed by atoms with E-state index < -0.39 is 5.60 Å². The predicted octanol–water partition coefficient (Wildman–Crippen LogP) is 1.35. The van der Waals surface area contributed by atoms with Crippen molar-refractivity contribution in [2.24, 2.45) is 0 Å². The summed E-state index contributed by atoms with van der Waals surface area (Å²) >= 11 is 0. The molecule has 1 unspecified atom stereocenters. The number of hydrogen-bond donors (Lipinski definition) is 2. The van der Waals surface area contributed by atoms with Gasteiger partial charge in [-0.05, 0) is 44.3 Å². The van der Waals surface area contributed by atoms with Crippen LogP contribution in [0.5, 0.6) is 0 Å². The number of hydrogen-bond acceptors (Lipinski definition) is 4. The second kappa shape index (κ2) is 8.25. The van der Waals surface area contributed by atoms with Gasteiger partial charge in [0.25, 0.3) is 0 Å². The highest BCUT2D eigenvalue weighted by molar-refractivity contribution is 5.14. The van der Waals surface area contributed by atoms with E-state index in [9.17, 15) is 5.11 Å². The first-order valence-electron chi connectivity index (χ1n) is 9.15. The SMILES string of the molecule is OC1(CN2CCN(CCc3ccccc3)CC2)CCCNCC1. The van der Waals surface area contributed by atoms with E-state index in [4.69, 9.17) is 0 Å². The standard InChI is InChI=1S/C19H31N3O/c23-19(8-4-10-20-11-9-19)17-22-15-13-21(14-16-22)12-7-18-5-2-1-3-6-18/h1-3,5-6,20,23H,4,7-17H2. The lowest BCUT2D eigenvalue weighted by atomic mass is 9.94. The number of piperazine rings is 1. The molecule has 0 bridgehead atoms. The number of aliphatic hydroxyl groups is 1. The third-order valence-corrected chi connectivity index (χ3v) is 5.31. The van der Waals surface area contributed by atoms with Gasteiger partial charge in [-0.25, -0.2) is 0 Å². The van der Waals surface area contributed by atoms with E-state index in [0.29, 0.717) is 0 Å². The van der Waals surface area contributed by atoms with Crippen LogP contribution in [-0.4, -0.2) is 72.9 Å². The second-order valence-corrected chi connectivity index (χ2v) is 7.18. The Bertz CT molecular complexity index is 449. The van der Waals surface area contributed by atoms with Crippen molar-refractivity contribution in [3.8, 4) is 0 Å². The fourth-order valence-electron chi connectivity index (χ4n) is 3.79. The first kappa shape index (κ1) is 16.9. The third-order valence-electron chi connectivity index (χ3n) is 5.31. The van der Waals surface area contributed by atoms with Crippen LogP contribution in [0.2, 0.25) is 0 Å². The molecule has 1 aromatic rings. The van der Waals surface area contributed by atoms with Crippen molar-refractivity contribution in [1.29, 1.82) is 0 Å². The lowest BCUT2D eigenvalue weighted by Crippen LogP contribution is -2.52. The van der Waals surface area contributed by atoms with Crippen LogP contribution < -0.4 is 5.32 Å². The van der Waals surface area contributed by atoms with E-state index >= 15 is 0 Å². The summed E-state index contributed by atoms with van der Waals surface area (Å²) in [6.45, 7) is 8.42. The molecule has 2 aliphatic rings. The molecule has 2 heterocycles. The van der Waals surface area contributed by atoms with Gasteiger partial charge >= 0.3 is 0 Å². The number of benzene rings is 1. The molecular weight excluding hydrogens is 286 g/mol. The van der Waals surface area contributed by atoms with Gasteiger partial charge in [0, 0.05) is 39.3 Å². The fraction of sp³-hybridized carbons (Fsp3) is 0.684. The van der Waals surface area contributed by atoms with Crippen LogP contribution in [-0.2, 0) is 6.42 Å².